The van der Waals surface area contributed by atoms with Gasteiger partial charge in [-0.25, -0.2) is 4.98 Å². The van der Waals surface area contributed by atoms with Gasteiger partial charge in [0.25, 0.3) is 0 Å². The van der Waals surface area contributed by atoms with Crippen LogP contribution in [0.3, 0.4) is 0 Å². The van der Waals surface area contributed by atoms with Gasteiger partial charge in [0.2, 0.25) is 5.91 Å². The molecule has 1 aliphatic carbocycles. The molecule has 2 aromatic rings. The fourth-order valence-corrected chi connectivity index (χ4v) is 4.08. The van der Waals surface area contributed by atoms with Crippen LogP contribution in [0.5, 0.6) is 0 Å². The third-order valence-electron chi connectivity index (χ3n) is 5.19. The van der Waals surface area contributed by atoms with E-state index in [-0.39, 0.29) is 5.91 Å². The summed E-state index contributed by atoms with van der Waals surface area (Å²) in [5.41, 5.74) is 1.40. The number of rotatable bonds is 3. The molecule has 1 aliphatic heterocycles. The minimum Gasteiger partial charge on any atom is -0.340 e. The molecule has 0 bridgehead atoms. The van der Waals surface area contributed by atoms with Crippen molar-refractivity contribution < 1.29 is 4.79 Å². The Hall–Kier alpha value is -1.30. The van der Waals surface area contributed by atoms with Crippen LogP contribution < -0.4 is 0 Å². The third-order valence-corrected chi connectivity index (χ3v) is 6.29. The van der Waals surface area contributed by atoms with E-state index in [1.807, 2.05) is 40.6 Å². The highest BCUT2D eigenvalue weighted by atomic mass is 35.5. The molecule has 1 saturated carbocycles. The van der Waals surface area contributed by atoms with E-state index in [4.69, 9.17) is 23.2 Å². The first kappa shape index (κ1) is 16.2. The maximum absolute atomic E-state index is 12.6. The Kier molecular flexibility index (Phi) is 3.79. The Labute approximate surface area is 151 Å². The molecule has 4 rings (SSSR count). The highest BCUT2D eigenvalue weighted by molar-refractivity contribution is 6.53. The predicted octanol–water partition coefficient (Wildman–Crippen LogP) is 2.56. The quantitative estimate of drug-likeness (QED) is 0.783. The van der Waals surface area contributed by atoms with Crippen molar-refractivity contribution in [3.8, 4) is 0 Å². The number of pyridine rings is 1. The first-order chi connectivity index (χ1) is 11.4. The van der Waals surface area contributed by atoms with Crippen molar-refractivity contribution in [2.75, 3.05) is 26.2 Å². The molecule has 1 unspecified atom stereocenters. The van der Waals surface area contributed by atoms with Gasteiger partial charge in [0.15, 0.2) is 0 Å². The molecule has 0 N–H and O–H groups in total. The lowest BCUT2D eigenvalue weighted by Gasteiger charge is -2.36. The van der Waals surface area contributed by atoms with Gasteiger partial charge in [0.1, 0.15) is 9.98 Å². The zero-order chi connectivity index (χ0) is 16.9. The number of carbonyl (C=O) groups is 1. The van der Waals surface area contributed by atoms with Gasteiger partial charge < -0.3 is 9.30 Å². The van der Waals surface area contributed by atoms with E-state index in [1.165, 1.54) is 0 Å². The Morgan fingerprint density at radius 3 is 2.58 bits per heavy atom. The van der Waals surface area contributed by atoms with Crippen molar-refractivity contribution >= 4 is 34.8 Å². The highest BCUT2D eigenvalue weighted by Crippen LogP contribution is 2.64. The lowest BCUT2D eigenvalue weighted by Crippen LogP contribution is -2.50. The molecular formula is C17H20Cl2N4O. The summed E-state index contributed by atoms with van der Waals surface area (Å²) in [6, 6.07) is 5.98. The van der Waals surface area contributed by atoms with Crippen molar-refractivity contribution in [1.29, 1.82) is 0 Å². The van der Waals surface area contributed by atoms with E-state index in [1.54, 1.807) is 0 Å². The number of halogens is 2. The molecule has 5 nitrogen and oxygen atoms in total. The van der Waals surface area contributed by atoms with Gasteiger partial charge in [-0.1, -0.05) is 6.07 Å². The van der Waals surface area contributed by atoms with Crippen molar-refractivity contribution in [2.24, 2.45) is 5.41 Å². The van der Waals surface area contributed by atoms with Gasteiger partial charge in [-0.05, 0) is 25.5 Å². The van der Waals surface area contributed by atoms with Gasteiger partial charge >= 0.3 is 0 Å². The van der Waals surface area contributed by atoms with Crippen LogP contribution >= 0.6 is 23.2 Å². The number of alkyl halides is 2. The summed E-state index contributed by atoms with van der Waals surface area (Å²) < 4.78 is 1.14. The van der Waals surface area contributed by atoms with Crippen molar-refractivity contribution in [3.05, 3.63) is 36.3 Å². The largest absolute Gasteiger partial charge is 0.340 e. The summed E-state index contributed by atoms with van der Waals surface area (Å²) in [5.74, 6) is 0.0832. The summed E-state index contributed by atoms with van der Waals surface area (Å²) in [6.45, 7) is 5.77. The van der Waals surface area contributed by atoms with E-state index in [0.717, 1.165) is 31.0 Å². The monoisotopic (exact) mass is 366 g/mol. The number of hydrogen-bond donors (Lipinski definition) is 0. The first-order valence-corrected chi connectivity index (χ1v) is 8.97. The second-order valence-corrected chi connectivity index (χ2v) is 8.46. The molecule has 3 heterocycles. The zero-order valence-electron chi connectivity index (χ0n) is 13.6. The molecule has 1 saturated heterocycles. The number of aromatic nitrogens is 2. The van der Waals surface area contributed by atoms with E-state index >= 15 is 0 Å². The van der Waals surface area contributed by atoms with Crippen LogP contribution in [0.25, 0.3) is 5.65 Å². The van der Waals surface area contributed by atoms with Gasteiger partial charge in [-0.15, -0.1) is 23.2 Å². The molecule has 0 aromatic carbocycles. The van der Waals surface area contributed by atoms with Gasteiger partial charge in [0.05, 0.1) is 11.1 Å². The SMILES string of the molecule is CC1(C(=O)N2CCN(Cc3cn4ccccc4n3)CC2)CC1(Cl)Cl. The van der Waals surface area contributed by atoms with Crippen LogP contribution in [-0.4, -0.2) is 55.6 Å². The molecule has 2 aromatic heterocycles. The third kappa shape index (κ3) is 2.68. The molecule has 2 aliphatic rings. The van der Waals surface area contributed by atoms with Gasteiger partial charge in [-0.3, -0.25) is 9.69 Å². The fraction of sp³-hybridized carbons (Fsp3) is 0.529. The predicted molar refractivity (Wildman–Crippen MR) is 94.2 cm³/mol. The summed E-state index contributed by atoms with van der Waals surface area (Å²) in [5, 5.41) is 0. The number of imidazole rings is 1. The molecule has 24 heavy (non-hydrogen) atoms. The Morgan fingerprint density at radius 2 is 1.96 bits per heavy atom. The first-order valence-electron chi connectivity index (χ1n) is 8.21. The number of amides is 1. The molecule has 128 valence electrons. The summed E-state index contributed by atoms with van der Waals surface area (Å²) in [6.07, 6.45) is 4.61. The van der Waals surface area contributed by atoms with E-state index in [2.05, 4.69) is 16.1 Å². The lowest BCUT2D eigenvalue weighted by molar-refractivity contribution is -0.138. The zero-order valence-corrected chi connectivity index (χ0v) is 15.1. The number of fused-ring (bicyclic) bond motifs is 1. The summed E-state index contributed by atoms with van der Waals surface area (Å²) in [4.78, 5) is 21.5. The summed E-state index contributed by atoms with van der Waals surface area (Å²) >= 11 is 12.3. The number of nitrogens with zero attached hydrogens (tertiary/aromatic N) is 4. The maximum atomic E-state index is 12.6. The lowest BCUT2D eigenvalue weighted by atomic mass is 10.1. The van der Waals surface area contributed by atoms with E-state index in [9.17, 15) is 4.79 Å². The standard InChI is InChI=1S/C17H20Cl2N4O/c1-16(12-17(16,18)19)15(24)22-8-6-21(7-9-22)10-13-11-23-5-3-2-4-14(23)20-13/h2-5,11H,6-10,12H2,1H3. The summed E-state index contributed by atoms with van der Waals surface area (Å²) in [7, 11) is 0. The Morgan fingerprint density at radius 1 is 1.25 bits per heavy atom. The van der Waals surface area contributed by atoms with Crippen LogP contribution in [0.1, 0.15) is 19.0 Å². The smallest absolute Gasteiger partial charge is 0.231 e. The second kappa shape index (κ2) is 5.61. The molecule has 1 amide bonds. The maximum Gasteiger partial charge on any atom is 0.231 e. The average Bonchev–Trinajstić information content (AvgIpc) is 2.91. The molecule has 2 fully saturated rings. The van der Waals surface area contributed by atoms with Crippen molar-refractivity contribution in [2.45, 2.75) is 24.2 Å². The molecular weight excluding hydrogens is 347 g/mol. The van der Waals surface area contributed by atoms with Gasteiger partial charge in [-0.2, -0.15) is 0 Å². The van der Waals surface area contributed by atoms with Crippen molar-refractivity contribution in [3.63, 3.8) is 0 Å². The highest BCUT2D eigenvalue weighted by Gasteiger charge is 2.68. The Bertz CT molecular complexity index is 749. The second-order valence-electron chi connectivity index (χ2n) is 6.98. The average molecular weight is 367 g/mol. The van der Waals surface area contributed by atoms with Crippen molar-refractivity contribution in [1.82, 2.24) is 19.2 Å². The van der Waals surface area contributed by atoms with Crippen LogP contribution in [0, 0.1) is 5.41 Å². The topological polar surface area (TPSA) is 40.9 Å². The fourth-order valence-electron chi connectivity index (χ4n) is 3.38. The normalized spacial score (nSPS) is 26.7. The van der Waals surface area contributed by atoms with Crippen LogP contribution in [0.2, 0.25) is 0 Å². The minimum atomic E-state index is -0.891. The van der Waals surface area contributed by atoms with E-state index in [0.29, 0.717) is 19.5 Å². The van der Waals surface area contributed by atoms with Crippen LogP contribution in [-0.2, 0) is 11.3 Å². The molecule has 0 radical (unpaired) electrons. The molecule has 1 atom stereocenters. The minimum absolute atomic E-state index is 0.0832. The number of piperazine rings is 1. The number of hydrogen-bond acceptors (Lipinski definition) is 3. The van der Waals surface area contributed by atoms with E-state index < -0.39 is 9.75 Å². The van der Waals surface area contributed by atoms with Gasteiger partial charge in [0, 0.05) is 45.1 Å². The molecule has 7 heteroatoms. The Balaban J connectivity index is 1.35. The molecule has 0 spiro atoms. The van der Waals surface area contributed by atoms with Crippen LogP contribution in [0.4, 0.5) is 0 Å². The number of carbonyl (C=O) groups excluding carboxylic acids is 1. The van der Waals surface area contributed by atoms with Crippen LogP contribution in [0.15, 0.2) is 30.6 Å².